The number of azo groups is 1. The molecule has 1 heterocycles. The zero-order valence-electron chi connectivity index (χ0n) is 21.4. The summed E-state index contributed by atoms with van der Waals surface area (Å²) in [4.78, 5) is -0.112. The van der Waals surface area contributed by atoms with Crippen LogP contribution in [0.2, 0.25) is 0 Å². The normalized spacial score (nSPS) is 12.1. The Hall–Kier alpha value is -4.12. The summed E-state index contributed by atoms with van der Waals surface area (Å²) >= 11 is 5.31. The predicted octanol–water partition coefficient (Wildman–Crippen LogP) is 6.80. The van der Waals surface area contributed by atoms with Crippen LogP contribution in [0.4, 0.5) is 11.4 Å². The Kier molecular flexibility index (Phi) is 7.17. The van der Waals surface area contributed by atoms with Crippen molar-refractivity contribution in [3.05, 3.63) is 96.1 Å². The lowest BCUT2D eigenvalue weighted by Crippen LogP contribution is -2.16. The van der Waals surface area contributed by atoms with Crippen molar-refractivity contribution in [3.8, 4) is 5.88 Å². The van der Waals surface area contributed by atoms with Gasteiger partial charge in [-0.2, -0.15) is 0 Å². The molecular formula is C29H27N5O3S2. The lowest BCUT2D eigenvalue weighted by molar-refractivity contribution is 0.429. The molecule has 0 aliphatic rings. The Morgan fingerprint density at radius 1 is 1.00 bits per heavy atom. The van der Waals surface area contributed by atoms with Gasteiger partial charge in [-0.25, -0.2) is 13.6 Å². The summed E-state index contributed by atoms with van der Waals surface area (Å²) in [6, 6.07) is 26.5. The maximum Gasteiger partial charge on any atom is 0.240 e. The van der Waals surface area contributed by atoms with E-state index in [-0.39, 0.29) is 33.2 Å². The zero-order chi connectivity index (χ0) is 27.7. The van der Waals surface area contributed by atoms with Crippen LogP contribution in [0.5, 0.6) is 5.88 Å². The van der Waals surface area contributed by atoms with Gasteiger partial charge in [0.25, 0.3) is 0 Å². The highest BCUT2D eigenvalue weighted by atomic mass is 32.2. The third-order valence-electron chi connectivity index (χ3n) is 6.53. The lowest BCUT2D eigenvalue weighted by atomic mass is 10.0. The molecule has 4 aromatic carbocycles. The van der Waals surface area contributed by atoms with Gasteiger partial charge >= 0.3 is 0 Å². The van der Waals surface area contributed by atoms with E-state index in [4.69, 9.17) is 17.4 Å². The second kappa shape index (κ2) is 10.6. The molecule has 0 bridgehead atoms. The van der Waals surface area contributed by atoms with Crippen molar-refractivity contribution in [1.82, 2.24) is 4.57 Å². The quantitative estimate of drug-likeness (QED) is 0.157. The summed E-state index contributed by atoms with van der Waals surface area (Å²) in [6.45, 7) is 4.61. The van der Waals surface area contributed by atoms with E-state index >= 15 is 0 Å². The fourth-order valence-corrected chi connectivity index (χ4v) is 5.38. The van der Waals surface area contributed by atoms with E-state index in [9.17, 15) is 13.5 Å². The first kappa shape index (κ1) is 26.5. The molecule has 0 aliphatic carbocycles. The van der Waals surface area contributed by atoms with Crippen LogP contribution in [0.1, 0.15) is 30.9 Å². The number of nitrogens with one attached hydrogen (secondary N) is 1. The van der Waals surface area contributed by atoms with Crippen LogP contribution in [-0.4, -0.2) is 23.2 Å². The van der Waals surface area contributed by atoms with Gasteiger partial charge in [0.05, 0.1) is 17.7 Å². The third-order valence-corrected chi connectivity index (χ3v) is 7.68. The number of hydrogen-bond acceptors (Lipinski definition) is 5. The number of fused-ring (bicyclic) bond motifs is 2. The summed E-state index contributed by atoms with van der Waals surface area (Å²) in [5.74, 6) is 0.221. The minimum atomic E-state index is -3.97. The van der Waals surface area contributed by atoms with Gasteiger partial charge in [-0.1, -0.05) is 68.4 Å². The molecule has 0 saturated heterocycles. The van der Waals surface area contributed by atoms with E-state index in [2.05, 4.69) is 53.7 Å². The van der Waals surface area contributed by atoms with Gasteiger partial charge in [-0.05, 0) is 70.4 Å². The second-order valence-electron chi connectivity index (χ2n) is 9.54. The van der Waals surface area contributed by atoms with Crippen LogP contribution in [0.15, 0.2) is 100 Å². The topological polar surface area (TPSA) is 122 Å². The van der Waals surface area contributed by atoms with Crippen LogP contribution < -0.4 is 10.5 Å². The molecule has 8 nitrogen and oxygen atoms in total. The molecule has 5 aromatic rings. The number of primary sulfonamides is 1. The maximum atomic E-state index is 11.9. The van der Waals surface area contributed by atoms with Crippen molar-refractivity contribution in [2.45, 2.75) is 31.2 Å². The number of hydrogen-bond donors (Lipinski definition) is 3. The van der Waals surface area contributed by atoms with Crippen molar-refractivity contribution >= 4 is 60.4 Å². The smallest absolute Gasteiger partial charge is 0.240 e. The SMILES string of the molecule is CC(C)c1ccc2c(c1)c(N=NC(=S)Nc1ccccc1S(N)(=O)=O)c(O)n2Cc1ccc2ccccc2c1. The first-order chi connectivity index (χ1) is 18.6. The number of nitrogens with zero attached hydrogens (tertiary/aromatic N) is 3. The number of para-hydroxylation sites is 1. The van der Waals surface area contributed by atoms with E-state index in [1.54, 1.807) is 16.7 Å². The van der Waals surface area contributed by atoms with Crippen LogP contribution in [0.3, 0.4) is 0 Å². The fourth-order valence-electron chi connectivity index (χ4n) is 4.53. The summed E-state index contributed by atoms with van der Waals surface area (Å²) in [5, 5.41) is 30.7. The molecule has 39 heavy (non-hydrogen) atoms. The van der Waals surface area contributed by atoms with Gasteiger partial charge < -0.3 is 15.0 Å². The van der Waals surface area contributed by atoms with Crippen molar-refractivity contribution in [2.24, 2.45) is 15.4 Å². The number of benzene rings is 4. The summed E-state index contributed by atoms with van der Waals surface area (Å²) < 4.78 is 25.6. The van der Waals surface area contributed by atoms with Crippen LogP contribution in [0, 0.1) is 0 Å². The molecule has 0 unspecified atom stereocenters. The predicted molar refractivity (Wildman–Crippen MR) is 159 cm³/mol. The van der Waals surface area contributed by atoms with Crippen molar-refractivity contribution in [3.63, 3.8) is 0 Å². The molecule has 0 amide bonds. The van der Waals surface area contributed by atoms with Gasteiger partial charge in [0.15, 0.2) is 5.69 Å². The van der Waals surface area contributed by atoms with E-state index < -0.39 is 10.0 Å². The van der Waals surface area contributed by atoms with E-state index in [1.807, 2.05) is 36.4 Å². The summed E-state index contributed by atoms with van der Waals surface area (Å²) in [6.07, 6.45) is 0. The Morgan fingerprint density at radius 3 is 2.46 bits per heavy atom. The third kappa shape index (κ3) is 5.53. The van der Waals surface area contributed by atoms with Crippen molar-refractivity contribution < 1.29 is 13.5 Å². The van der Waals surface area contributed by atoms with Gasteiger partial charge in [0.2, 0.25) is 21.0 Å². The van der Waals surface area contributed by atoms with E-state index in [0.29, 0.717) is 6.54 Å². The van der Waals surface area contributed by atoms with Gasteiger partial charge in [0.1, 0.15) is 4.90 Å². The molecule has 5 rings (SSSR count). The molecule has 0 fully saturated rings. The Balaban J connectivity index is 1.53. The van der Waals surface area contributed by atoms with Crippen LogP contribution in [-0.2, 0) is 16.6 Å². The molecule has 198 valence electrons. The average Bonchev–Trinajstić information content (AvgIpc) is 3.16. The Labute approximate surface area is 231 Å². The molecule has 0 spiro atoms. The Bertz CT molecular complexity index is 1860. The molecule has 10 heteroatoms. The number of aromatic nitrogens is 1. The molecule has 4 N–H and O–H groups in total. The highest BCUT2D eigenvalue weighted by Crippen LogP contribution is 2.41. The first-order valence-electron chi connectivity index (χ1n) is 12.3. The number of aromatic hydroxyl groups is 1. The highest BCUT2D eigenvalue weighted by molar-refractivity contribution is 7.89. The lowest BCUT2D eigenvalue weighted by Gasteiger charge is -2.09. The van der Waals surface area contributed by atoms with Crippen molar-refractivity contribution in [1.29, 1.82) is 0 Å². The van der Waals surface area contributed by atoms with Gasteiger partial charge in [-0.3, -0.25) is 0 Å². The molecule has 0 radical (unpaired) electrons. The minimum Gasteiger partial charge on any atom is -0.493 e. The number of nitrogens with two attached hydrogens (primary N) is 1. The van der Waals surface area contributed by atoms with Gasteiger partial charge in [-0.15, -0.1) is 10.2 Å². The Morgan fingerprint density at radius 2 is 1.72 bits per heavy atom. The molecule has 0 aliphatic heterocycles. The minimum absolute atomic E-state index is 0.0458. The van der Waals surface area contributed by atoms with Gasteiger partial charge in [0, 0.05) is 5.39 Å². The number of anilines is 1. The largest absolute Gasteiger partial charge is 0.493 e. The first-order valence-corrected chi connectivity index (χ1v) is 14.2. The summed E-state index contributed by atoms with van der Waals surface area (Å²) in [7, 11) is -3.97. The number of rotatable bonds is 6. The maximum absolute atomic E-state index is 11.9. The molecule has 1 aromatic heterocycles. The van der Waals surface area contributed by atoms with Crippen LogP contribution in [0.25, 0.3) is 21.7 Å². The van der Waals surface area contributed by atoms with Crippen LogP contribution >= 0.6 is 12.2 Å². The number of thiocarbonyl (C=S) groups is 1. The van der Waals surface area contributed by atoms with E-state index in [1.165, 1.54) is 12.1 Å². The molecular weight excluding hydrogens is 530 g/mol. The molecule has 0 atom stereocenters. The van der Waals surface area contributed by atoms with E-state index in [0.717, 1.165) is 32.8 Å². The van der Waals surface area contributed by atoms with Crippen molar-refractivity contribution in [2.75, 3.05) is 5.32 Å². The molecule has 0 saturated carbocycles. The highest BCUT2D eigenvalue weighted by Gasteiger charge is 2.19. The number of sulfonamides is 1. The monoisotopic (exact) mass is 557 g/mol. The zero-order valence-corrected chi connectivity index (χ0v) is 23.0. The summed E-state index contributed by atoms with van der Waals surface area (Å²) in [5.41, 5.74) is 3.38. The standard InChI is InChI=1S/C29H27N5O3S2/c1-18(2)21-13-14-25-23(16-21)27(32-33-29(38)31-24-9-5-6-10-26(24)39(30,36)37)28(35)34(25)17-19-11-12-20-7-3-4-8-22(20)15-19/h3-16,18,35H,17H2,1-2H3,(H,31,38)(H2,30,36,37). The fraction of sp³-hybridized carbons (Fsp3) is 0.138. The second-order valence-corrected chi connectivity index (χ2v) is 11.5. The average molecular weight is 558 g/mol.